The van der Waals surface area contributed by atoms with Crippen LogP contribution in [0.1, 0.15) is 24.2 Å². The number of sulfonamides is 1. The predicted octanol–water partition coefficient (Wildman–Crippen LogP) is 4.57. The van der Waals surface area contributed by atoms with Crippen LogP contribution in [0.5, 0.6) is 5.75 Å². The molecule has 0 aliphatic heterocycles. The number of hydrogen-bond acceptors (Lipinski definition) is 5. The first kappa shape index (κ1) is 24.3. The van der Waals surface area contributed by atoms with E-state index in [1.165, 1.54) is 16.4 Å². The number of amides is 1. The van der Waals surface area contributed by atoms with Crippen molar-refractivity contribution in [3.05, 3.63) is 84.4 Å². The minimum Gasteiger partial charge on any atom is -0.490 e. The molecule has 0 bridgehead atoms. The summed E-state index contributed by atoms with van der Waals surface area (Å²) in [5.74, 6) is 0.104. The van der Waals surface area contributed by atoms with E-state index in [1.807, 2.05) is 13.0 Å². The lowest BCUT2D eigenvalue weighted by Crippen LogP contribution is -2.30. The van der Waals surface area contributed by atoms with E-state index in [2.05, 4.69) is 5.32 Å². The molecule has 1 amide bonds. The molecule has 0 atom stereocenters. The Morgan fingerprint density at radius 2 is 1.55 bits per heavy atom. The summed E-state index contributed by atoms with van der Waals surface area (Å²) < 4.78 is 38.5. The van der Waals surface area contributed by atoms with Crippen LogP contribution in [0.15, 0.2) is 83.8 Å². The molecule has 3 aromatic carbocycles. The number of nitrogens with one attached hydrogen (secondary N) is 1. The van der Waals surface area contributed by atoms with Crippen LogP contribution in [0.3, 0.4) is 0 Å². The Labute approximate surface area is 195 Å². The largest absolute Gasteiger partial charge is 0.490 e. The van der Waals surface area contributed by atoms with Crippen LogP contribution in [-0.4, -0.2) is 40.7 Å². The van der Waals surface area contributed by atoms with Gasteiger partial charge in [-0.05, 0) is 62.4 Å². The lowest BCUT2D eigenvalue weighted by atomic mass is 10.2. The second-order valence-corrected chi connectivity index (χ2v) is 8.89. The first-order chi connectivity index (χ1) is 16.0. The Balaban J connectivity index is 1.73. The molecule has 0 saturated carbocycles. The third-order valence-electron chi connectivity index (χ3n) is 4.85. The number of benzene rings is 3. The number of carbonyl (C=O) groups excluding carboxylic acids is 1. The summed E-state index contributed by atoms with van der Waals surface area (Å²) in [5, 5.41) is 2.80. The van der Waals surface area contributed by atoms with Gasteiger partial charge >= 0.3 is 0 Å². The fraction of sp³-hybridized carbons (Fsp3) is 0.240. The number of ether oxygens (including phenoxy) is 2. The second kappa shape index (κ2) is 11.5. The normalized spacial score (nSPS) is 11.1. The van der Waals surface area contributed by atoms with Crippen LogP contribution < -0.4 is 14.4 Å². The van der Waals surface area contributed by atoms with Gasteiger partial charge in [-0.25, -0.2) is 8.42 Å². The van der Waals surface area contributed by atoms with Crippen LogP contribution in [0.4, 0.5) is 11.4 Å². The van der Waals surface area contributed by atoms with Crippen LogP contribution in [-0.2, 0) is 14.8 Å². The molecule has 0 fully saturated rings. The van der Waals surface area contributed by atoms with E-state index < -0.39 is 10.0 Å². The van der Waals surface area contributed by atoms with E-state index in [0.717, 1.165) is 0 Å². The molecule has 0 aliphatic rings. The summed E-state index contributed by atoms with van der Waals surface area (Å²) in [6, 6.07) is 22.0. The number of para-hydroxylation sites is 2. The first-order valence-electron chi connectivity index (χ1n) is 10.8. The minimum absolute atomic E-state index is 0.144. The van der Waals surface area contributed by atoms with Crippen molar-refractivity contribution in [1.29, 1.82) is 0 Å². The van der Waals surface area contributed by atoms with Crippen molar-refractivity contribution in [3.63, 3.8) is 0 Å². The molecule has 3 rings (SSSR count). The lowest BCUT2D eigenvalue weighted by Gasteiger charge is -2.23. The molecule has 0 saturated heterocycles. The zero-order chi connectivity index (χ0) is 23.7. The molecule has 0 heterocycles. The maximum atomic E-state index is 13.1. The third kappa shape index (κ3) is 6.12. The molecule has 174 valence electrons. The van der Waals surface area contributed by atoms with Crippen LogP contribution >= 0.6 is 0 Å². The number of anilines is 2. The Bertz CT molecular complexity index is 1150. The Kier molecular flexibility index (Phi) is 8.46. The van der Waals surface area contributed by atoms with E-state index in [9.17, 15) is 13.2 Å². The van der Waals surface area contributed by atoms with Gasteiger partial charge in [-0.3, -0.25) is 9.10 Å². The molecule has 33 heavy (non-hydrogen) atoms. The number of rotatable bonds is 11. The molecule has 8 heteroatoms. The standard InChI is InChI=1S/C25H28N2O5S/c1-3-27(21-10-6-5-7-11-21)33(29,30)22-16-14-20(15-17-22)26-25(28)23-12-8-9-13-24(23)32-19-18-31-4-2/h5-17H,3-4,18-19H2,1-2H3,(H,26,28). The van der Waals surface area contributed by atoms with Crippen LogP contribution in [0.25, 0.3) is 0 Å². The topological polar surface area (TPSA) is 84.9 Å². The minimum atomic E-state index is -3.73. The van der Waals surface area contributed by atoms with Crippen molar-refractivity contribution in [1.82, 2.24) is 0 Å². The van der Waals surface area contributed by atoms with Gasteiger partial charge in [0.05, 0.1) is 22.8 Å². The van der Waals surface area contributed by atoms with Gasteiger partial charge in [0.2, 0.25) is 0 Å². The molecule has 0 unspecified atom stereocenters. The van der Waals surface area contributed by atoms with Crippen molar-refractivity contribution >= 4 is 27.3 Å². The summed E-state index contributed by atoms with van der Waals surface area (Å²) in [7, 11) is -3.73. The van der Waals surface area contributed by atoms with Crippen LogP contribution in [0.2, 0.25) is 0 Å². The van der Waals surface area contributed by atoms with E-state index in [0.29, 0.717) is 49.1 Å². The van der Waals surface area contributed by atoms with Gasteiger partial charge in [0, 0.05) is 18.8 Å². The summed E-state index contributed by atoms with van der Waals surface area (Å²) in [6.45, 7) is 5.34. The zero-order valence-corrected chi connectivity index (χ0v) is 19.5. The SMILES string of the molecule is CCOCCOc1ccccc1C(=O)Nc1ccc(S(=O)(=O)N(CC)c2ccccc2)cc1. The molecular formula is C25H28N2O5S. The highest BCUT2D eigenvalue weighted by Gasteiger charge is 2.23. The number of nitrogens with zero attached hydrogens (tertiary/aromatic N) is 1. The predicted molar refractivity (Wildman–Crippen MR) is 129 cm³/mol. The molecule has 7 nitrogen and oxygen atoms in total. The highest BCUT2D eigenvalue weighted by atomic mass is 32.2. The second-order valence-electron chi connectivity index (χ2n) is 7.03. The van der Waals surface area contributed by atoms with Crippen molar-refractivity contribution < 1.29 is 22.7 Å². The maximum Gasteiger partial charge on any atom is 0.264 e. The Hall–Kier alpha value is -3.36. The summed E-state index contributed by atoms with van der Waals surface area (Å²) in [4.78, 5) is 12.9. The van der Waals surface area contributed by atoms with Gasteiger partial charge in [0.1, 0.15) is 12.4 Å². The smallest absolute Gasteiger partial charge is 0.264 e. The van der Waals surface area contributed by atoms with Gasteiger partial charge in [-0.2, -0.15) is 0 Å². The molecule has 0 aromatic heterocycles. The summed E-state index contributed by atoms with van der Waals surface area (Å²) in [5.41, 5.74) is 1.45. The van der Waals surface area contributed by atoms with Crippen molar-refractivity contribution in [2.75, 3.05) is 36.0 Å². The van der Waals surface area contributed by atoms with E-state index in [4.69, 9.17) is 9.47 Å². The average Bonchev–Trinajstić information content (AvgIpc) is 2.83. The molecule has 0 spiro atoms. The molecule has 0 aliphatic carbocycles. The number of carbonyl (C=O) groups is 1. The molecular weight excluding hydrogens is 440 g/mol. The molecule has 0 radical (unpaired) electrons. The Morgan fingerprint density at radius 3 is 2.21 bits per heavy atom. The van der Waals surface area contributed by atoms with Crippen molar-refractivity contribution in [2.24, 2.45) is 0 Å². The first-order valence-corrected chi connectivity index (χ1v) is 12.2. The lowest BCUT2D eigenvalue weighted by molar-refractivity contribution is 0.0998. The fourth-order valence-electron chi connectivity index (χ4n) is 3.26. The monoisotopic (exact) mass is 468 g/mol. The van der Waals surface area contributed by atoms with Gasteiger partial charge in [-0.15, -0.1) is 0 Å². The van der Waals surface area contributed by atoms with Gasteiger partial charge in [0.15, 0.2) is 0 Å². The quantitative estimate of drug-likeness (QED) is 0.417. The van der Waals surface area contributed by atoms with Crippen molar-refractivity contribution in [3.8, 4) is 5.75 Å². The van der Waals surface area contributed by atoms with Gasteiger partial charge in [-0.1, -0.05) is 30.3 Å². The molecule has 1 N–H and O–H groups in total. The number of hydrogen-bond donors (Lipinski definition) is 1. The van der Waals surface area contributed by atoms with E-state index in [-0.39, 0.29) is 10.8 Å². The van der Waals surface area contributed by atoms with E-state index in [1.54, 1.807) is 67.6 Å². The highest BCUT2D eigenvalue weighted by molar-refractivity contribution is 7.92. The van der Waals surface area contributed by atoms with E-state index >= 15 is 0 Å². The average molecular weight is 469 g/mol. The van der Waals surface area contributed by atoms with Gasteiger partial charge in [0.25, 0.3) is 15.9 Å². The fourth-order valence-corrected chi connectivity index (χ4v) is 4.73. The van der Waals surface area contributed by atoms with Crippen LogP contribution in [0, 0.1) is 0 Å². The summed E-state index contributed by atoms with van der Waals surface area (Å²) in [6.07, 6.45) is 0. The zero-order valence-electron chi connectivity index (χ0n) is 18.7. The maximum absolute atomic E-state index is 13.1. The Morgan fingerprint density at radius 1 is 0.879 bits per heavy atom. The van der Waals surface area contributed by atoms with Crippen molar-refractivity contribution in [2.45, 2.75) is 18.7 Å². The third-order valence-corrected chi connectivity index (χ3v) is 6.77. The van der Waals surface area contributed by atoms with Gasteiger partial charge < -0.3 is 14.8 Å². The molecule has 3 aromatic rings. The summed E-state index contributed by atoms with van der Waals surface area (Å²) >= 11 is 0. The highest BCUT2D eigenvalue weighted by Crippen LogP contribution is 2.25.